The van der Waals surface area contributed by atoms with Crippen LogP contribution in [0.3, 0.4) is 0 Å². The molecule has 2 saturated heterocycles. The summed E-state index contributed by atoms with van der Waals surface area (Å²) < 4.78 is 7.64. The number of hydrogen-bond acceptors (Lipinski definition) is 7. The van der Waals surface area contributed by atoms with Gasteiger partial charge in [-0.15, -0.1) is 0 Å². The highest BCUT2D eigenvalue weighted by Gasteiger charge is 2.35. The first-order chi connectivity index (χ1) is 15.4. The van der Waals surface area contributed by atoms with Crippen LogP contribution in [0.5, 0.6) is 0 Å². The molecule has 1 aromatic carbocycles. The van der Waals surface area contributed by atoms with Crippen molar-refractivity contribution in [3.8, 4) is 11.3 Å². The number of aromatic nitrogens is 3. The zero-order valence-electron chi connectivity index (χ0n) is 18.2. The van der Waals surface area contributed by atoms with Gasteiger partial charge in [0.2, 0.25) is 0 Å². The standard InChI is InChI=1S/C24H25N5O3/c1-14-10-29-13-21(26-23(29)15(2)25-14)20-7-16-3-4-17(9-22(16)32-24(20)31)27-5-6-28-12-19(30)8-18(28)11-27/h3-4,7,9-10,13,18-19,30H,5-6,8,11-12H2,1-2H3/t18-,19+/m0/s1. The molecule has 6 rings (SSSR count). The van der Waals surface area contributed by atoms with Crippen LogP contribution in [0.25, 0.3) is 27.9 Å². The van der Waals surface area contributed by atoms with Crippen molar-refractivity contribution in [1.82, 2.24) is 19.3 Å². The summed E-state index contributed by atoms with van der Waals surface area (Å²) in [5, 5.41) is 10.8. The normalized spacial score (nSPS) is 21.5. The topological polar surface area (TPSA) is 87.1 Å². The molecule has 1 N–H and O–H groups in total. The fourth-order valence-electron chi connectivity index (χ4n) is 5.16. The van der Waals surface area contributed by atoms with E-state index in [0.717, 1.165) is 60.7 Å². The van der Waals surface area contributed by atoms with Crippen molar-refractivity contribution in [2.75, 3.05) is 31.1 Å². The van der Waals surface area contributed by atoms with Crippen molar-refractivity contribution in [2.45, 2.75) is 32.4 Å². The molecule has 3 aromatic heterocycles. The number of nitrogens with zero attached hydrogens (tertiary/aromatic N) is 5. The van der Waals surface area contributed by atoms with Crippen LogP contribution in [0.4, 0.5) is 5.69 Å². The Hall–Kier alpha value is -3.23. The van der Waals surface area contributed by atoms with E-state index in [1.165, 1.54) is 0 Å². The van der Waals surface area contributed by atoms with Gasteiger partial charge < -0.3 is 18.8 Å². The lowest BCUT2D eigenvalue weighted by Gasteiger charge is -2.38. The van der Waals surface area contributed by atoms with E-state index in [-0.39, 0.29) is 6.10 Å². The van der Waals surface area contributed by atoms with Gasteiger partial charge in [-0.1, -0.05) is 0 Å². The Morgan fingerprint density at radius 1 is 1.09 bits per heavy atom. The highest BCUT2D eigenvalue weighted by atomic mass is 16.4. The maximum absolute atomic E-state index is 12.9. The Morgan fingerprint density at radius 3 is 2.84 bits per heavy atom. The molecule has 0 spiro atoms. The third-order valence-corrected chi connectivity index (χ3v) is 6.68. The maximum atomic E-state index is 12.9. The van der Waals surface area contributed by atoms with E-state index < -0.39 is 5.63 Å². The predicted octanol–water partition coefficient (Wildman–Crippen LogP) is 2.37. The SMILES string of the molecule is Cc1cn2cc(-c3cc4ccc(N5CCN6C[C@H](O)C[C@H]6C5)cc4oc3=O)nc2c(C)n1. The summed E-state index contributed by atoms with van der Waals surface area (Å²) in [5.74, 6) is 0. The zero-order chi connectivity index (χ0) is 22.0. The summed E-state index contributed by atoms with van der Waals surface area (Å²) in [6, 6.07) is 8.25. The second kappa shape index (κ2) is 7.15. The summed E-state index contributed by atoms with van der Waals surface area (Å²) in [6.07, 6.45) is 4.34. The van der Waals surface area contributed by atoms with Crippen LogP contribution in [0.15, 0.2) is 45.9 Å². The highest BCUT2D eigenvalue weighted by Crippen LogP contribution is 2.29. The molecule has 5 heterocycles. The van der Waals surface area contributed by atoms with Crippen LogP contribution >= 0.6 is 0 Å². The largest absolute Gasteiger partial charge is 0.422 e. The molecule has 0 saturated carbocycles. The molecule has 2 atom stereocenters. The van der Waals surface area contributed by atoms with Crippen molar-refractivity contribution in [3.63, 3.8) is 0 Å². The molecule has 0 radical (unpaired) electrons. The Balaban J connectivity index is 1.35. The van der Waals surface area contributed by atoms with E-state index in [4.69, 9.17) is 4.42 Å². The van der Waals surface area contributed by atoms with E-state index >= 15 is 0 Å². The minimum atomic E-state index is -0.399. The molecule has 164 valence electrons. The molecule has 2 aliphatic heterocycles. The summed E-state index contributed by atoms with van der Waals surface area (Å²) in [5.41, 5.74) is 4.68. The molecule has 4 aromatic rings. The predicted molar refractivity (Wildman–Crippen MR) is 122 cm³/mol. The number of aliphatic hydroxyl groups is 1. The number of imidazole rings is 1. The summed E-state index contributed by atoms with van der Waals surface area (Å²) in [4.78, 5) is 26.6. The van der Waals surface area contributed by atoms with E-state index in [0.29, 0.717) is 22.9 Å². The summed E-state index contributed by atoms with van der Waals surface area (Å²) >= 11 is 0. The number of aryl methyl sites for hydroxylation is 2. The van der Waals surface area contributed by atoms with Crippen molar-refractivity contribution in [1.29, 1.82) is 0 Å². The van der Waals surface area contributed by atoms with Gasteiger partial charge in [0.25, 0.3) is 0 Å². The number of hydrogen-bond donors (Lipinski definition) is 1. The summed E-state index contributed by atoms with van der Waals surface area (Å²) in [7, 11) is 0. The van der Waals surface area contributed by atoms with Gasteiger partial charge in [0.1, 0.15) is 5.58 Å². The first-order valence-corrected chi connectivity index (χ1v) is 11.0. The fourth-order valence-corrected chi connectivity index (χ4v) is 5.16. The van der Waals surface area contributed by atoms with Gasteiger partial charge in [-0.25, -0.2) is 9.78 Å². The fraction of sp³-hybridized carbons (Fsp3) is 0.375. The Kier molecular flexibility index (Phi) is 4.34. The van der Waals surface area contributed by atoms with E-state index in [2.05, 4.69) is 25.8 Å². The Labute approximate surface area is 184 Å². The zero-order valence-corrected chi connectivity index (χ0v) is 18.2. The van der Waals surface area contributed by atoms with Crippen LogP contribution in [0, 0.1) is 13.8 Å². The molecule has 0 amide bonds. The smallest absolute Gasteiger partial charge is 0.345 e. The van der Waals surface area contributed by atoms with Crippen LogP contribution < -0.4 is 10.5 Å². The van der Waals surface area contributed by atoms with E-state index in [1.54, 1.807) is 0 Å². The second-order valence-electron chi connectivity index (χ2n) is 8.98. The Morgan fingerprint density at radius 2 is 1.97 bits per heavy atom. The molecular weight excluding hydrogens is 406 g/mol. The minimum absolute atomic E-state index is 0.226. The Bertz CT molecular complexity index is 1410. The van der Waals surface area contributed by atoms with Crippen molar-refractivity contribution < 1.29 is 9.52 Å². The van der Waals surface area contributed by atoms with Gasteiger partial charge in [-0.05, 0) is 38.5 Å². The van der Waals surface area contributed by atoms with Crippen LogP contribution in [0.1, 0.15) is 17.8 Å². The number of anilines is 1. The third kappa shape index (κ3) is 3.18. The average Bonchev–Trinajstić information content (AvgIpc) is 3.34. The van der Waals surface area contributed by atoms with Gasteiger partial charge in [0.05, 0.1) is 28.7 Å². The van der Waals surface area contributed by atoms with Gasteiger partial charge in [0, 0.05) is 61.8 Å². The molecule has 2 fully saturated rings. The quantitative estimate of drug-likeness (QED) is 0.488. The first kappa shape index (κ1) is 19.5. The number of rotatable bonds is 2. The first-order valence-electron chi connectivity index (χ1n) is 11.0. The number of aliphatic hydroxyl groups excluding tert-OH is 1. The van der Waals surface area contributed by atoms with Gasteiger partial charge >= 0.3 is 5.63 Å². The molecule has 0 unspecified atom stereocenters. The van der Waals surface area contributed by atoms with Gasteiger partial charge in [-0.3, -0.25) is 9.88 Å². The molecule has 0 bridgehead atoms. The van der Waals surface area contributed by atoms with Crippen LogP contribution in [-0.2, 0) is 0 Å². The summed E-state index contributed by atoms with van der Waals surface area (Å²) in [6.45, 7) is 7.32. The lowest BCUT2D eigenvalue weighted by atomic mass is 10.1. The number of benzene rings is 1. The van der Waals surface area contributed by atoms with Crippen molar-refractivity contribution in [2.24, 2.45) is 0 Å². The number of piperazine rings is 1. The monoisotopic (exact) mass is 431 g/mol. The van der Waals surface area contributed by atoms with E-state index in [9.17, 15) is 9.90 Å². The number of fused-ring (bicyclic) bond motifs is 3. The molecule has 8 nitrogen and oxygen atoms in total. The third-order valence-electron chi connectivity index (χ3n) is 6.68. The average molecular weight is 431 g/mol. The van der Waals surface area contributed by atoms with Crippen molar-refractivity contribution in [3.05, 3.63) is 58.5 Å². The van der Waals surface area contributed by atoms with Crippen LogP contribution in [-0.4, -0.2) is 62.7 Å². The van der Waals surface area contributed by atoms with E-state index in [1.807, 2.05) is 48.8 Å². The van der Waals surface area contributed by atoms with Gasteiger partial charge in [0.15, 0.2) is 5.65 Å². The van der Waals surface area contributed by atoms with Crippen LogP contribution in [0.2, 0.25) is 0 Å². The molecular formula is C24H25N5O3. The maximum Gasteiger partial charge on any atom is 0.345 e. The molecule has 0 aliphatic carbocycles. The molecule has 8 heteroatoms. The van der Waals surface area contributed by atoms with Gasteiger partial charge in [-0.2, -0.15) is 0 Å². The molecule has 2 aliphatic rings. The van der Waals surface area contributed by atoms with Crippen molar-refractivity contribution >= 4 is 22.3 Å². The minimum Gasteiger partial charge on any atom is -0.422 e. The second-order valence-corrected chi connectivity index (χ2v) is 8.98. The highest BCUT2D eigenvalue weighted by molar-refractivity contribution is 5.84. The lowest BCUT2D eigenvalue weighted by Crippen LogP contribution is -2.50. The molecule has 32 heavy (non-hydrogen) atoms. The lowest BCUT2D eigenvalue weighted by molar-refractivity contribution is 0.173.